The number of rotatable bonds is 7. The van der Waals surface area contributed by atoms with Gasteiger partial charge in [0.2, 0.25) is 0 Å². The molecule has 2 heteroatoms. The highest BCUT2D eigenvalue weighted by Crippen LogP contribution is 2.19. The largest absolute Gasteiger partial charge is 0.431 e. The highest BCUT2D eigenvalue weighted by molar-refractivity contribution is 6.04. The van der Waals surface area contributed by atoms with Crippen LogP contribution in [0, 0.1) is 0 Å². The van der Waals surface area contributed by atoms with Crippen molar-refractivity contribution in [3.8, 4) is 0 Å². The van der Waals surface area contributed by atoms with E-state index < -0.39 is 0 Å². The SMILES string of the molecule is CCCCCCC=COC(=O)c1cccc2ccccc12. The van der Waals surface area contributed by atoms with E-state index in [0.717, 1.165) is 23.6 Å². The zero-order valence-electron chi connectivity index (χ0n) is 12.5. The summed E-state index contributed by atoms with van der Waals surface area (Å²) in [6.07, 6.45) is 9.30. The Morgan fingerprint density at radius 2 is 1.86 bits per heavy atom. The first-order valence-electron chi connectivity index (χ1n) is 7.66. The van der Waals surface area contributed by atoms with E-state index in [1.165, 1.54) is 25.5 Å². The van der Waals surface area contributed by atoms with Crippen molar-refractivity contribution in [1.82, 2.24) is 0 Å². The summed E-state index contributed by atoms with van der Waals surface area (Å²) in [6, 6.07) is 13.5. The fraction of sp³-hybridized carbons (Fsp3) is 0.316. The second kappa shape index (κ2) is 8.25. The summed E-state index contributed by atoms with van der Waals surface area (Å²) in [5, 5.41) is 1.98. The van der Waals surface area contributed by atoms with Gasteiger partial charge in [-0.15, -0.1) is 0 Å². The summed E-state index contributed by atoms with van der Waals surface area (Å²) in [6.45, 7) is 2.20. The molecule has 0 saturated heterocycles. The number of benzene rings is 2. The average Bonchev–Trinajstić information content (AvgIpc) is 2.53. The fourth-order valence-corrected chi connectivity index (χ4v) is 2.33. The second-order valence-corrected chi connectivity index (χ2v) is 5.15. The minimum Gasteiger partial charge on any atom is -0.431 e. The standard InChI is InChI=1S/C19H22O2/c1-2-3-4-5-6-9-15-21-19(20)18-14-10-12-16-11-7-8-13-17(16)18/h7-15H,2-6H2,1H3. The van der Waals surface area contributed by atoms with E-state index in [2.05, 4.69) is 6.92 Å². The van der Waals surface area contributed by atoms with Crippen molar-refractivity contribution in [3.63, 3.8) is 0 Å². The molecule has 0 unspecified atom stereocenters. The highest BCUT2D eigenvalue weighted by atomic mass is 16.5. The van der Waals surface area contributed by atoms with Crippen LogP contribution in [0.4, 0.5) is 0 Å². The van der Waals surface area contributed by atoms with E-state index in [1.807, 2.05) is 42.5 Å². The quantitative estimate of drug-likeness (QED) is 0.382. The number of carbonyl (C=O) groups is 1. The molecule has 0 saturated carbocycles. The van der Waals surface area contributed by atoms with Crippen molar-refractivity contribution in [2.75, 3.05) is 0 Å². The minimum absolute atomic E-state index is 0.295. The molecular weight excluding hydrogens is 260 g/mol. The monoisotopic (exact) mass is 282 g/mol. The molecule has 0 amide bonds. The number of fused-ring (bicyclic) bond motifs is 1. The van der Waals surface area contributed by atoms with Gasteiger partial charge in [-0.1, -0.05) is 62.6 Å². The topological polar surface area (TPSA) is 26.3 Å². The van der Waals surface area contributed by atoms with Crippen molar-refractivity contribution in [3.05, 3.63) is 60.4 Å². The van der Waals surface area contributed by atoms with Gasteiger partial charge in [0.15, 0.2) is 0 Å². The van der Waals surface area contributed by atoms with Crippen molar-refractivity contribution < 1.29 is 9.53 Å². The number of unbranched alkanes of at least 4 members (excludes halogenated alkanes) is 4. The van der Waals surface area contributed by atoms with Crippen LogP contribution in [-0.4, -0.2) is 5.97 Å². The maximum absolute atomic E-state index is 12.1. The Labute approximate surface area is 126 Å². The van der Waals surface area contributed by atoms with E-state index >= 15 is 0 Å². The van der Waals surface area contributed by atoms with Gasteiger partial charge in [0.25, 0.3) is 0 Å². The maximum atomic E-state index is 12.1. The Balaban J connectivity index is 1.92. The molecule has 0 bridgehead atoms. The second-order valence-electron chi connectivity index (χ2n) is 5.15. The summed E-state index contributed by atoms with van der Waals surface area (Å²) in [4.78, 5) is 12.1. The van der Waals surface area contributed by atoms with Crippen LogP contribution in [0.3, 0.4) is 0 Å². The van der Waals surface area contributed by atoms with E-state index in [0.29, 0.717) is 5.56 Å². The van der Waals surface area contributed by atoms with Crippen LogP contribution >= 0.6 is 0 Å². The molecule has 0 heterocycles. The number of allylic oxidation sites excluding steroid dienone is 1. The number of carbonyl (C=O) groups excluding carboxylic acids is 1. The Morgan fingerprint density at radius 1 is 1.05 bits per heavy atom. The fourth-order valence-electron chi connectivity index (χ4n) is 2.33. The molecule has 110 valence electrons. The van der Waals surface area contributed by atoms with Crippen molar-refractivity contribution >= 4 is 16.7 Å². The van der Waals surface area contributed by atoms with Crippen molar-refractivity contribution in [1.29, 1.82) is 0 Å². The molecule has 0 radical (unpaired) electrons. The normalized spacial score (nSPS) is 11.1. The average molecular weight is 282 g/mol. The first-order chi connectivity index (χ1) is 10.3. The third kappa shape index (κ3) is 4.45. The number of esters is 1. The number of ether oxygens (including phenoxy) is 1. The molecule has 0 aliphatic heterocycles. The predicted octanol–water partition coefficient (Wildman–Crippen LogP) is 5.48. The third-order valence-electron chi connectivity index (χ3n) is 3.51. The van der Waals surface area contributed by atoms with Gasteiger partial charge in [0.05, 0.1) is 11.8 Å². The summed E-state index contributed by atoms with van der Waals surface area (Å²) in [7, 11) is 0. The zero-order chi connectivity index (χ0) is 14.9. The molecule has 0 spiro atoms. The van der Waals surface area contributed by atoms with Gasteiger partial charge < -0.3 is 4.74 Å². The van der Waals surface area contributed by atoms with Crippen molar-refractivity contribution in [2.45, 2.75) is 39.0 Å². The van der Waals surface area contributed by atoms with Crippen LogP contribution in [0.2, 0.25) is 0 Å². The van der Waals surface area contributed by atoms with E-state index in [9.17, 15) is 4.79 Å². The molecule has 0 N–H and O–H groups in total. The number of hydrogen-bond donors (Lipinski definition) is 0. The number of hydrogen-bond acceptors (Lipinski definition) is 2. The van der Waals surface area contributed by atoms with Gasteiger partial charge in [0.1, 0.15) is 0 Å². The molecule has 2 aromatic carbocycles. The molecule has 21 heavy (non-hydrogen) atoms. The summed E-state index contributed by atoms with van der Waals surface area (Å²) >= 11 is 0. The molecule has 2 nitrogen and oxygen atoms in total. The lowest BCUT2D eigenvalue weighted by atomic mass is 10.1. The van der Waals surface area contributed by atoms with Crippen LogP contribution in [0.5, 0.6) is 0 Å². The summed E-state index contributed by atoms with van der Waals surface area (Å²) in [5.74, 6) is -0.295. The molecule has 0 aliphatic carbocycles. The molecule has 0 atom stereocenters. The Morgan fingerprint density at radius 3 is 2.71 bits per heavy atom. The molecule has 0 aliphatic rings. The smallest absolute Gasteiger partial charge is 0.343 e. The van der Waals surface area contributed by atoms with E-state index in [1.54, 1.807) is 6.07 Å². The summed E-state index contributed by atoms with van der Waals surface area (Å²) in [5.41, 5.74) is 0.615. The Kier molecular flexibility index (Phi) is 6.01. The van der Waals surface area contributed by atoms with Crippen LogP contribution < -0.4 is 0 Å². The minimum atomic E-state index is -0.295. The Bertz CT molecular complexity index is 608. The van der Waals surface area contributed by atoms with Gasteiger partial charge in [-0.2, -0.15) is 0 Å². The molecule has 2 aromatic rings. The third-order valence-corrected chi connectivity index (χ3v) is 3.51. The highest BCUT2D eigenvalue weighted by Gasteiger charge is 2.09. The Hall–Kier alpha value is -2.09. The van der Waals surface area contributed by atoms with E-state index in [4.69, 9.17) is 4.74 Å². The van der Waals surface area contributed by atoms with E-state index in [-0.39, 0.29) is 5.97 Å². The van der Waals surface area contributed by atoms with Gasteiger partial charge >= 0.3 is 5.97 Å². The van der Waals surface area contributed by atoms with Gasteiger partial charge in [-0.05, 0) is 35.8 Å². The van der Waals surface area contributed by atoms with Crippen LogP contribution in [0.1, 0.15) is 49.4 Å². The van der Waals surface area contributed by atoms with Crippen LogP contribution in [-0.2, 0) is 4.74 Å². The van der Waals surface area contributed by atoms with Crippen LogP contribution in [0.25, 0.3) is 10.8 Å². The lowest BCUT2D eigenvalue weighted by Gasteiger charge is -2.04. The lowest BCUT2D eigenvalue weighted by Crippen LogP contribution is -2.01. The molecule has 0 fully saturated rings. The summed E-state index contributed by atoms with van der Waals surface area (Å²) < 4.78 is 5.22. The first kappa shape index (κ1) is 15.3. The van der Waals surface area contributed by atoms with Gasteiger partial charge in [-0.3, -0.25) is 0 Å². The van der Waals surface area contributed by atoms with Crippen molar-refractivity contribution in [2.24, 2.45) is 0 Å². The zero-order valence-corrected chi connectivity index (χ0v) is 12.5. The van der Waals surface area contributed by atoms with Crippen LogP contribution in [0.15, 0.2) is 54.8 Å². The van der Waals surface area contributed by atoms with Gasteiger partial charge in [-0.25, -0.2) is 4.79 Å². The molecule has 2 rings (SSSR count). The molecule has 0 aromatic heterocycles. The predicted molar refractivity (Wildman–Crippen MR) is 87.3 cm³/mol. The lowest BCUT2D eigenvalue weighted by molar-refractivity contribution is 0.0664. The van der Waals surface area contributed by atoms with Gasteiger partial charge in [0, 0.05) is 0 Å². The molecular formula is C19H22O2. The maximum Gasteiger partial charge on any atom is 0.343 e. The first-order valence-corrected chi connectivity index (χ1v) is 7.66.